The lowest BCUT2D eigenvalue weighted by Gasteiger charge is -2.53. The zero-order valence-electron chi connectivity index (χ0n) is 14.8. The van der Waals surface area contributed by atoms with E-state index >= 15 is 0 Å². The molecule has 0 aliphatic carbocycles. The van der Waals surface area contributed by atoms with Gasteiger partial charge in [-0.25, -0.2) is 0 Å². The Hall–Kier alpha value is -0.823. The molecule has 1 heterocycles. The fraction of sp³-hybridized carbons (Fsp3) is 0.588. The smallest absolute Gasteiger partial charge is 0.236 e. The van der Waals surface area contributed by atoms with Gasteiger partial charge in [-0.05, 0) is 37.6 Å². The van der Waals surface area contributed by atoms with E-state index in [-0.39, 0.29) is 11.3 Å². The van der Waals surface area contributed by atoms with Gasteiger partial charge < -0.3 is 14.3 Å². The molecule has 2 rings (SSSR count). The lowest BCUT2D eigenvalue weighted by molar-refractivity contribution is -0.154. The monoisotopic (exact) mass is 353 g/mol. The fourth-order valence-electron chi connectivity index (χ4n) is 2.98. The van der Waals surface area contributed by atoms with E-state index in [0.29, 0.717) is 0 Å². The third-order valence-corrected chi connectivity index (χ3v) is 7.19. The average molecular weight is 354 g/mol. The van der Waals surface area contributed by atoms with Crippen LogP contribution < -0.4 is 5.32 Å². The SMILES string of the molecule is C[SiH](C)O[C@](C)([C@H]1C(=O)N[C@@H]1[S+]([O-])c1ccccc1)C(C)(C)C. The van der Waals surface area contributed by atoms with Gasteiger partial charge in [0, 0.05) is 11.2 Å². The minimum absolute atomic E-state index is 0.0636. The number of amides is 1. The lowest BCUT2D eigenvalue weighted by Crippen LogP contribution is -2.72. The second-order valence-corrected chi connectivity index (χ2v) is 11.4. The summed E-state index contributed by atoms with van der Waals surface area (Å²) >= 11 is -1.28. The van der Waals surface area contributed by atoms with Gasteiger partial charge in [0.05, 0.1) is 5.60 Å². The molecule has 1 aromatic carbocycles. The van der Waals surface area contributed by atoms with Crippen molar-refractivity contribution in [1.29, 1.82) is 0 Å². The van der Waals surface area contributed by atoms with Gasteiger partial charge >= 0.3 is 0 Å². The van der Waals surface area contributed by atoms with E-state index in [1.165, 1.54) is 0 Å². The van der Waals surface area contributed by atoms with E-state index in [1.807, 2.05) is 37.3 Å². The summed E-state index contributed by atoms with van der Waals surface area (Å²) in [5.41, 5.74) is -0.864. The van der Waals surface area contributed by atoms with Crippen molar-refractivity contribution in [3.05, 3.63) is 30.3 Å². The Kier molecular flexibility index (Phi) is 5.30. The number of benzene rings is 1. The topological polar surface area (TPSA) is 61.4 Å². The van der Waals surface area contributed by atoms with Crippen molar-refractivity contribution in [2.45, 2.75) is 56.7 Å². The van der Waals surface area contributed by atoms with Gasteiger partial charge in [-0.2, -0.15) is 0 Å². The van der Waals surface area contributed by atoms with Crippen LogP contribution in [0, 0.1) is 11.3 Å². The van der Waals surface area contributed by atoms with Crippen LogP contribution in [0.1, 0.15) is 27.7 Å². The maximum atomic E-state index is 12.9. The number of carbonyl (C=O) groups excluding carboxylic acids is 1. The van der Waals surface area contributed by atoms with Crippen LogP contribution in [0.5, 0.6) is 0 Å². The quantitative estimate of drug-likeness (QED) is 0.503. The van der Waals surface area contributed by atoms with E-state index in [4.69, 9.17) is 4.43 Å². The molecular formula is C17H27NO3SSi. The predicted octanol–water partition coefficient (Wildman–Crippen LogP) is 2.67. The standard InChI is InChI=1S/C17H27NO3SSi/c1-16(2,3)17(4,21-23(5)6)13-14(19)18-15(13)22(20)12-10-8-7-9-11-12/h7-11,13,15,23H,1-6H3,(H,18,19)/t13-,15+,17+,22?/m0/s1. The third-order valence-electron chi connectivity index (χ3n) is 4.64. The second-order valence-electron chi connectivity index (χ2n) is 7.54. The summed E-state index contributed by atoms with van der Waals surface area (Å²) in [6.45, 7) is 12.4. The summed E-state index contributed by atoms with van der Waals surface area (Å²) in [7, 11) is -1.37. The number of rotatable bonds is 5. The van der Waals surface area contributed by atoms with Crippen LogP contribution in [0.15, 0.2) is 35.2 Å². The number of hydrogen-bond acceptors (Lipinski definition) is 3. The highest BCUT2D eigenvalue weighted by molar-refractivity contribution is 7.92. The minimum Gasteiger partial charge on any atom is -0.610 e. The summed E-state index contributed by atoms with van der Waals surface area (Å²) in [6.07, 6.45) is 0. The molecule has 1 fully saturated rings. The lowest BCUT2D eigenvalue weighted by atomic mass is 9.67. The van der Waals surface area contributed by atoms with Crippen molar-refractivity contribution in [2.75, 3.05) is 0 Å². The van der Waals surface area contributed by atoms with Gasteiger partial charge in [-0.15, -0.1) is 0 Å². The molecule has 0 aromatic heterocycles. The first kappa shape index (κ1) is 18.5. The van der Waals surface area contributed by atoms with Crippen molar-refractivity contribution < 1.29 is 13.8 Å². The van der Waals surface area contributed by atoms with Crippen molar-refractivity contribution >= 4 is 26.1 Å². The Morgan fingerprint density at radius 1 is 1.17 bits per heavy atom. The highest BCUT2D eigenvalue weighted by Crippen LogP contribution is 2.46. The zero-order chi connectivity index (χ0) is 17.4. The third kappa shape index (κ3) is 3.50. The number of carbonyl (C=O) groups is 1. The first-order valence-electron chi connectivity index (χ1n) is 8.02. The van der Waals surface area contributed by atoms with Crippen LogP contribution in [-0.4, -0.2) is 30.5 Å². The molecule has 6 heteroatoms. The molecule has 1 saturated heterocycles. The van der Waals surface area contributed by atoms with E-state index in [9.17, 15) is 9.35 Å². The highest BCUT2D eigenvalue weighted by atomic mass is 32.2. The van der Waals surface area contributed by atoms with Crippen LogP contribution >= 0.6 is 0 Å². The first-order valence-corrected chi connectivity index (χ1v) is 12.0. The summed E-state index contributed by atoms with van der Waals surface area (Å²) in [4.78, 5) is 13.1. The van der Waals surface area contributed by atoms with Crippen LogP contribution in [0.4, 0.5) is 0 Å². The molecule has 1 unspecified atom stereocenters. The number of nitrogens with one attached hydrogen (secondary N) is 1. The first-order chi connectivity index (χ1) is 10.6. The normalized spacial score (nSPS) is 25.5. The summed E-state index contributed by atoms with van der Waals surface area (Å²) in [5, 5.41) is 2.44. The Bertz CT molecular complexity index is 561. The Labute approximate surface area is 143 Å². The molecule has 0 saturated carbocycles. The molecule has 1 aromatic rings. The molecular weight excluding hydrogens is 326 g/mol. The molecule has 1 amide bonds. The molecule has 0 spiro atoms. The maximum Gasteiger partial charge on any atom is 0.236 e. The molecule has 1 aliphatic heterocycles. The Morgan fingerprint density at radius 2 is 1.74 bits per heavy atom. The van der Waals surface area contributed by atoms with Gasteiger partial charge in [0.2, 0.25) is 11.3 Å². The predicted molar refractivity (Wildman–Crippen MR) is 96.1 cm³/mol. The summed E-state index contributed by atoms with van der Waals surface area (Å²) in [6, 6.07) is 9.30. The van der Waals surface area contributed by atoms with Crippen LogP contribution in [0.2, 0.25) is 13.1 Å². The molecule has 1 N–H and O–H groups in total. The van der Waals surface area contributed by atoms with Crippen LogP contribution in [0.3, 0.4) is 0 Å². The molecule has 1 aliphatic rings. The van der Waals surface area contributed by atoms with Crippen molar-refractivity contribution in [3.63, 3.8) is 0 Å². The Morgan fingerprint density at radius 3 is 2.17 bits per heavy atom. The van der Waals surface area contributed by atoms with E-state index < -0.39 is 37.1 Å². The minimum atomic E-state index is -1.37. The molecule has 23 heavy (non-hydrogen) atoms. The molecule has 4 atom stereocenters. The highest BCUT2D eigenvalue weighted by Gasteiger charge is 2.61. The number of hydrogen-bond donors (Lipinski definition) is 1. The van der Waals surface area contributed by atoms with Gasteiger partial charge in [0.1, 0.15) is 5.92 Å². The van der Waals surface area contributed by atoms with Gasteiger partial charge in [-0.1, -0.05) is 39.0 Å². The van der Waals surface area contributed by atoms with Crippen LogP contribution in [-0.2, 0) is 20.4 Å². The van der Waals surface area contributed by atoms with Gasteiger partial charge in [0.25, 0.3) is 0 Å². The van der Waals surface area contributed by atoms with Crippen molar-refractivity contribution in [1.82, 2.24) is 5.32 Å². The second kappa shape index (κ2) is 6.59. The molecule has 0 bridgehead atoms. The maximum absolute atomic E-state index is 12.9. The van der Waals surface area contributed by atoms with Crippen molar-refractivity contribution in [2.24, 2.45) is 11.3 Å². The van der Waals surface area contributed by atoms with Crippen LogP contribution in [0.25, 0.3) is 0 Å². The molecule has 0 radical (unpaired) electrons. The van der Waals surface area contributed by atoms with Gasteiger partial charge in [0.15, 0.2) is 13.9 Å². The zero-order valence-corrected chi connectivity index (χ0v) is 16.7. The van der Waals surface area contributed by atoms with Crippen molar-refractivity contribution in [3.8, 4) is 0 Å². The summed E-state index contributed by atoms with van der Waals surface area (Å²) < 4.78 is 19.2. The number of β-lactam (4-membered cyclic amide) rings is 1. The van der Waals surface area contributed by atoms with E-state index in [0.717, 1.165) is 4.90 Å². The fourth-order valence-corrected chi connectivity index (χ4v) is 6.03. The largest absolute Gasteiger partial charge is 0.610 e. The van der Waals surface area contributed by atoms with E-state index in [1.54, 1.807) is 0 Å². The molecule has 128 valence electrons. The molecule has 4 nitrogen and oxygen atoms in total. The van der Waals surface area contributed by atoms with E-state index in [2.05, 4.69) is 39.2 Å². The van der Waals surface area contributed by atoms with Gasteiger partial charge in [-0.3, -0.25) is 4.79 Å². The average Bonchev–Trinajstić information content (AvgIpc) is 2.42. The Balaban J connectivity index is 2.32. The summed E-state index contributed by atoms with van der Waals surface area (Å²) in [5.74, 6) is -0.468.